The van der Waals surface area contributed by atoms with E-state index in [0.717, 1.165) is 34.8 Å². The van der Waals surface area contributed by atoms with Crippen molar-refractivity contribution in [2.75, 3.05) is 29.2 Å². The van der Waals surface area contributed by atoms with Crippen LogP contribution in [0, 0.1) is 6.92 Å². The number of aryl methyl sites for hydroxylation is 1. The molecule has 2 heterocycles. The number of anilines is 2. The van der Waals surface area contributed by atoms with Crippen LogP contribution in [0.4, 0.5) is 11.8 Å². The Bertz CT molecular complexity index is 568. The summed E-state index contributed by atoms with van der Waals surface area (Å²) in [4.78, 5) is 11.5. The highest BCUT2D eigenvalue weighted by Gasteiger charge is 2.13. The van der Waals surface area contributed by atoms with Crippen molar-refractivity contribution < 1.29 is 0 Å². The molecular formula is C14H22N4S2. The number of aromatic nitrogens is 2. The summed E-state index contributed by atoms with van der Waals surface area (Å²) in [6.07, 6.45) is 3.23. The van der Waals surface area contributed by atoms with Crippen molar-refractivity contribution in [3.8, 4) is 0 Å². The summed E-state index contributed by atoms with van der Waals surface area (Å²) >= 11 is 3.58. The molecule has 0 aliphatic heterocycles. The van der Waals surface area contributed by atoms with E-state index in [1.165, 1.54) is 4.88 Å². The molecule has 20 heavy (non-hydrogen) atoms. The predicted molar refractivity (Wildman–Crippen MR) is 92.4 cm³/mol. The van der Waals surface area contributed by atoms with Crippen molar-refractivity contribution in [3.63, 3.8) is 0 Å². The molecule has 0 spiro atoms. The number of fused-ring (bicyclic) bond motifs is 1. The Kier molecular flexibility index (Phi) is 5.48. The first-order valence-corrected chi connectivity index (χ1v) is 9.16. The Hall–Kier alpha value is -1.01. The summed E-state index contributed by atoms with van der Waals surface area (Å²) in [6, 6.07) is 2.61. The van der Waals surface area contributed by atoms with E-state index in [0.29, 0.717) is 12.0 Å². The maximum absolute atomic E-state index is 4.64. The van der Waals surface area contributed by atoms with Crippen molar-refractivity contribution in [1.82, 2.24) is 9.97 Å². The number of thiophene rings is 1. The SMILES string of the molecule is CCNc1nc(NC(CC)CSC)c2cc(C)sc2n1. The summed E-state index contributed by atoms with van der Waals surface area (Å²) in [5.41, 5.74) is 0. The maximum atomic E-state index is 4.64. The molecule has 0 radical (unpaired) electrons. The molecule has 2 aromatic rings. The van der Waals surface area contributed by atoms with Crippen LogP contribution in [0.5, 0.6) is 0 Å². The molecule has 0 bridgehead atoms. The molecule has 2 rings (SSSR count). The lowest BCUT2D eigenvalue weighted by Crippen LogP contribution is -2.22. The average molecular weight is 310 g/mol. The van der Waals surface area contributed by atoms with Gasteiger partial charge in [0.15, 0.2) is 0 Å². The normalized spacial score (nSPS) is 12.6. The fourth-order valence-corrected chi connectivity index (χ4v) is 3.65. The number of rotatable bonds is 7. The van der Waals surface area contributed by atoms with Gasteiger partial charge in [-0.25, -0.2) is 4.98 Å². The molecule has 2 aromatic heterocycles. The van der Waals surface area contributed by atoms with Gasteiger partial charge in [0.25, 0.3) is 0 Å². The number of thioether (sulfide) groups is 1. The summed E-state index contributed by atoms with van der Waals surface area (Å²) < 4.78 is 0. The Labute approximate surface area is 128 Å². The summed E-state index contributed by atoms with van der Waals surface area (Å²) in [7, 11) is 0. The van der Waals surface area contributed by atoms with Gasteiger partial charge in [0.05, 0.1) is 5.39 Å². The van der Waals surface area contributed by atoms with Crippen molar-refractivity contribution in [1.29, 1.82) is 0 Å². The Morgan fingerprint density at radius 1 is 1.35 bits per heavy atom. The molecule has 4 nitrogen and oxygen atoms in total. The van der Waals surface area contributed by atoms with Crippen molar-refractivity contribution in [3.05, 3.63) is 10.9 Å². The van der Waals surface area contributed by atoms with Gasteiger partial charge < -0.3 is 10.6 Å². The van der Waals surface area contributed by atoms with Gasteiger partial charge in [-0.15, -0.1) is 11.3 Å². The van der Waals surface area contributed by atoms with Crippen LogP contribution in [0.15, 0.2) is 6.07 Å². The zero-order valence-corrected chi connectivity index (χ0v) is 14.1. The van der Waals surface area contributed by atoms with Crippen LogP contribution in [-0.4, -0.2) is 34.6 Å². The molecular weight excluding hydrogens is 288 g/mol. The third-order valence-corrected chi connectivity index (χ3v) is 4.73. The van der Waals surface area contributed by atoms with E-state index < -0.39 is 0 Å². The molecule has 0 aliphatic rings. The van der Waals surface area contributed by atoms with Crippen molar-refractivity contribution in [2.45, 2.75) is 33.2 Å². The van der Waals surface area contributed by atoms with Gasteiger partial charge in [-0.2, -0.15) is 16.7 Å². The quantitative estimate of drug-likeness (QED) is 0.810. The van der Waals surface area contributed by atoms with Gasteiger partial charge in [0, 0.05) is 23.2 Å². The highest BCUT2D eigenvalue weighted by molar-refractivity contribution is 7.98. The van der Waals surface area contributed by atoms with Gasteiger partial charge in [-0.1, -0.05) is 6.92 Å². The molecule has 110 valence electrons. The van der Waals surface area contributed by atoms with Crippen LogP contribution >= 0.6 is 23.1 Å². The molecule has 0 fully saturated rings. The van der Waals surface area contributed by atoms with Crippen LogP contribution in [0.25, 0.3) is 10.2 Å². The topological polar surface area (TPSA) is 49.8 Å². The lowest BCUT2D eigenvalue weighted by Gasteiger charge is -2.17. The van der Waals surface area contributed by atoms with E-state index in [4.69, 9.17) is 0 Å². The molecule has 0 aromatic carbocycles. The van der Waals surface area contributed by atoms with E-state index >= 15 is 0 Å². The highest BCUT2D eigenvalue weighted by Crippen LogP contribution is 2.30. The Balaban J connectivity index is 2.37. The zero-order valence-electron chi connectivity index (χ0n) is 12.5. The number of nitrogens with one attached hydrogen (secondary N) is 2. The number of nitrogens with zero attached hydrogens (tertiary/aromatic N) is 2. The van der Waals surface area contributed by atoms with Crippen LogP contribution < -0.4 is 10.6 Å². The summed E-state index contributed by atoms with van der Waals surface area (Å²) in [6.45, 7) is 7.21. The monoisotopic (exact) mass is 310 g/mol. The van der Waals surface area contributed by atoms with E-state index in [1.54, 1.807) is 11.3 Å². The number of hydrogen-bond acceptors (Lipinski definition) is 6. The molecule has 1 unspecified atom stereocenters. The Morgan fingerprint density at radius 2 is 2.15 bits per heavy atom. The van der Waals surface area contributed by atoms with Gasteiger partial charge in [-0.3, -0.25) is 0 Å². The zero-order chi connectivity index (χ0) is 14.5. The maximum Gasteiger partial charge on any atom is 0.226 e. The van der Waals surface area contributed by atoms with Gasteiger partial charge in [0.2, 0.25) is 5.95 Å². The lowest BCUT2D eigenvalue weighted by atomic mass is 10.2. The second-order valence-corrected chi connectivity index (χ2v) is 6.85. The van der Waals surface area contributed by atoms with Crippen LogP contribution in [0.2, 0.25) is 0 Å². The minimum absolute atomic E-state index is 0.442. The average Bonchev–Trinajstić information content (AvgIpc) is 2.79. The summed E-state index contributed by atoms with van der Waals surface area (Å²) in [5.74, 6) is 2.75. The second kappa shape index (κ2) is 7.13. The fourth-order valence-electron chi connectivity index (χ4n) is 2.05. The molecule has 2 N–H and O–H groups in total. The molecule has 0 saturated carbocycles. The van der Waals surface area contributed by atoms with E-state index in [-0.39, 0.29) is 0 Å². The summed E-state index contributed by atoms with van der Waals surface area (Å²) in [5, 5.41) is 7.92. The van der Waals surface area contributed by atoms with Crippen molar-refractivity contribution in [2.24, 2.45) is 0 Å². The smallest absolute Gasteiger partial charge is 0.226 e. The third-order valence-electron chi connectivity index (χ3n) is 3.05. The molecule has 0 aliphatic carbocycles. The standard InChI is InChI=1S/C14H22N4S2/c1-5-10(8-19-4)16-12-11-7-9(3)20-13(11)18-14(17-12)15-6-2/h7,10H,5-6,8H2,1-4H3,(H2,15,16,17,18). The Morgan fingerprint density at radius 3 is 2.80 bits per heavy atom. The molecule has 1 atom stereocenters. The van der Waals surface area contributed by atoms with Gasteiger partial charge in [0.1, 0.15) is 10.6 Å². The highest BCUT2D eigenvalue weighted by atomic mass is 32.2. The van der Waals surface area contributed by atoms with Gasteiger partial charge in [-0.05, 0) is 32.6 Å². The first-order chi connectivity index (χ1) is 9.67. The molecule has 0 saturated heterocycles. The minimum Gasteiger partial charge on any atom is -0.366 e. The fraction of sp³-hybridized carbons (Fsp3) is 0.571. The van der Waals surface area contributed by atoms with Crippen LogP contribution in [0.1, 0.15) is 25.1 Å². The number of hydrogen-bond donors (Lipinski definition) is 2. The minimum atomic E-state index is 0.442. The van der Waals surface area contributed by atoms with Crippen LogP contribution in [0.3, 0.4) is 0 Å². The van der Waals surface area contributed by atoms with E-state index in [1.807, 2.05) is 11.8 Å². The molecule has 6 heteroatoms. The predicted octanol–water partition coefficient (Wildman–Crippen LogP) is 3.99. The lowest BCUT2D eigenvalue weighted by molar-refractivity contribution is 0.771. The van der Waals surface area contributed by atoms with Crippen LogP contribution in [-0.2, 0) is 0 Å². The third kappa shape index (κ3) is 3.55. The first-order valence-electron chi connectivity index (χ1n) is 6.95. The van der Waals surface area contributed by atoms with E-state index in [9.17, 15) is 0 Å². The van der Waals surface area contributed by atoms with E-state index in [2.05, 4.69) is 53.7 Å². The molecule has 0 amide bonds. The first kappa shape index (κ1) is 15.4. The van der Waals surface area contributed by atoms with Crippen molar-refractivity contribution >= 4 is 45.1 Å². The largest absolute Gasteiger partial charge is 0.366 e. The second-order valence-electron chi connectivity index (χ2n) is 4.71. The van der Waals surface area contributed by atoms with Gasteiger partial charge >= 0.3 is 0 Å².